The van der Waals surface area contributed by atoms with Gasteiger partial charge in [-0.25, -0.2) is 4.39 Å². The minimum absolute atomic E-state index is 0.0228. The van der Waals surface area contributed by atoms with E-state index in [-0.39, 0.29) is 17.3 Å². The van der Waals surface area contributed by atoms with E-state index in [9.17, 15) is 4.39 Å². The molecule has 24 heavy (non-hydrogen) atoms. The number of benzene rings is 2. The molecule has 3 rings (SSSR count). The molecule has 0 saturated carbocycles. The SMILES string of the molecule is COc1ccc(F)c(-c2ccc(CBr)cc2[C@H]2OCCC2(C)C)c1. The van der Waals surface area contributed by atoms with Gasteiger partial charge in [0.15, 0.2) is 0 Å². The summed E-state index contributed by atoms with van der Waals surface area (Å²) in [6.07, 6.45) is 0.952. The number of ether oxygens (including phenoxy) is 2. The molecule has 1 aliphatic rings. The fourth-order valence-electron chi connectivity index (χ4n) is 3.30. The van der Waals surface area contributed by atoms with Crippen molar-refractivity contribution in [3.05, 3.63) is 53.3 Å². The largest absolute Gasteiger partial charge is 0.497 e. The minimum atomic E-state index is -0.251. The molecular formula is C20H22BrFO2. The molecule has 0 aromatic heterocycles. The first kappa shape index (κ1) is 17.4. The summed E-state index contributed by atoms with van der Waals surface area (Å²) in [4.78, 5) is 0. The lowest BCUT2D eigenvalue weighted by Crippen LogP contribution is -2.17. The molecule has 0 radical (unpaired) electrons. The van der Waals surface area contributed by atoms with Crippen molar-refractivity contribution in [3.63, 3.8) is 0 Å². The Morgan fingerprint density at radius 1 is 1.21 bits per heavy atom. The summed E-state index contributed by atoms with van der Waals surface area (Å²) in [6, 6.07) is 11.0. The topological polar surface area (TPSA) is 18.5 Å². The highest BCUT2D eigenvalue weighted by Crippen LogP contribution is 2.48. The van der Waals surface area contributed by atoms with E-state index in [1.54, 1.807) is 19.2 Å². The maximum absolute atomic E-state index is 14.5. The molecule has 0 bridgehead atoms. The van der Waals surface area contributed by atoms with Crippen molar-refractivity contribution in [1.29, 1.82) is 0 Å². The smallest absolute Gasteiger partial charge is 0.131 e. The van der Waals surface area contributed by atoms with Crippen molar-refractivity contribution in [1.82, 2.24) is 0 Å². The van der Waals surface area contributed by atoms with E-state index in [0.29, 0.717) is 11.3 Å². The van der Waals surface area contributed by atoms with Gasteiger partial charge in [-0.3, -0.25) is 0 Å². The number of rotatable bonds is 4. The summed E-state index contributed by atoms with van der Waals surface area (Å²) in [5.74, 6) is 0.396. The second-order valence-corrected chi connectivity index (χ2v) is 7.45. The van der Waals surface area contributed by atoms with E-state index in [1.165, 1.54) is 6.07 Å². The van der Waals surface area contributed by atoms with Gasteiger partial charge in [0, 0.05) is 17.5 Å². The number of hydrogen-bond acceptors (Lipinski definition) is 2. The molecule has 128 valence electrons. The Morgan fingerprint density at radius 2 is 2.00 bits per heavy atom. The molecule has 0 N–H and O–H groups in total. The average molecular weight is 393 g/mol. The molecule has 0 aliphatic carbocycles. The maximum atomic E-state index is 14.5. The molecule has 2 aromatic carbocycles. The predicted octanol–water partition coefficient (Wildman–Crippen LogP) is 5.88. The zero-order chi connectivity index (χ0) is 17.3. The van der Waals surface area contributed by atoms with Gasteiger partial charge < -0.3 is 9.47 Å². The van der Waals surface area contributed by atoms with Crippen LogP contribution < -0.4 is 4.74 Å². The van der Waals surface area contributed by atoms with Gasteiger partial charge in [-0.15, -0.1) is 0 Å². The molecule has 2 aromatic rings. The zero-order valence-corrected chi connectivity index (χ0v) is 15.8. The average Bonchev–Trinajstić information content (AvgIpc) is 2.94. The molecule has 2 nitrogen and oxygen atoms in total. The van der Waals surface area contributed by atoms with Crippen LogP contribution >= 0.6 is 15.9 Å². The molecule has 0 amide bonds. The molecule has 1 saturated heterocycles. The summed E-state index contributed by atoms with van der Waals surface area (Å²) in [7, 11) is 1.59. The summed E-state index contributed by atoms with van der Waals surface area (Å²) < 4.78 is 25.8. The van der Waals surface area contributed by atoms with Gasteiger partial charge >= 0.3 is 0 Å². The van der Waals surface area contributed by atoms with Crippen LogP contribution in [0.4, 0.5) is 4.39 Å². The van der Waals surface area contributed by atoms with Crippen molar-refractivity contribution < 1.29 is 13.9 Å². The van der Waals surface area contributed by atoms with Crippen LogP contribution in [0.3, 0.4) is 0 Å². The lowest BCUT2D eigenvalue weighted by molar-refractivity contribution is 0.0640. The van der Waals surface area contributed by atoms with Gasteiger partial charge in [-0.2, -0.15) is 0 Å². The van der Waals surface area contributed by atoms with Crippen molar-refractivity contribution in [2.75, 3.05) is 13.7 Å². The molecule has 4 heteroatoms. The van der Waals surface area contributed by atoms with Crippen LogP contribution in [0.2, 0.25) is 0 Å². The highest BCUT2D eigenvalue weighted by Gasteiger charge is 2.38. The van der Waals surface area contributed by atoms with Crippen LogP contribution in [0.25, 0.3) is 11.1 Å². The van der Waals surface area contributed by atoms with Crippen molar-refractivity contribution in [2.45, 2.75) is 31.7 Å². The lowest BCUT2D eigenvalue weighted by Gasteiger charge is -2.28. The standard InChI is InChI=1S/C20H22BrFO2/c1-20(2)8-9-24-19(20)17-10-13(12-21)4-6-15(17)16-11-14(23-3)5-7-18(16)22/h4-7,10-11,19H,8-9,12H2,1-3H3/t19-/m1/s1. The Bertz CT molecular complexity index is 742. The van der Waals surface area contributed by atoms with Crippen molar-refractivity contribution >= 4 is 15.9 Å². The molecule has 1 heterocycles. The van der Waals surface area contributed by atoms with Crippen LogP contribution in [0.5, 0.6) is 5.75 Å². The van der Waals surface area contributed by atoms with Gasteiger partial charge in [0.2, 0.25) is 0 Å². The quantitative estimate of drug-likeness (QED) is 0.604. The first-order valence-corrected chi connectivity index (χ1v) is 9.22. The van der Waals surface area contributed by atoms with E-state index >= 15 is 0 Å². The third kappa shape index (κ3) is 3.22. The fourth-order valence-corrected chi connectivity index (χ4v) is 3.65. The van der Waals surface area contributed by atoms with Crippen LogP contribution in [-0.4, -0.2) is 13.7 Å². The number of hydrogen-bond donors (Lipinski definition) is 0. The predicted molar refractivity (Wildman–Crippen MR) is 98.1 cm³/mol. The summed E-state index contributed by atoms with van der Waals surface area (Å²) in [5.41, 5.74) is 3.65. The summed E-state index contributed by atoms with van der Waals surface area (Å²) >= 11 is 3.51. The number of alkyl halides is 1. The molecule has 0 spiro atoms. The summed E-state index contributed by atoms with van der Waals surface area (Å²) in [5, 5.41) is 0.758. The van der Waals surface area contributed by atoms with Crippen molar-refractivity contribution in [3.8, 4) is 16.9 Å². The Balaban J connectivity index is 2.18. The van der Waals surface area contributed by atoms with Gasteiger partial charge in [0.05, 0.1) is 13.2 Å². The highest BCUT2D eigenvalue weighted by atomic mass is 79.9. The molecule has 1 fully saturated rings. The van der Waals surface area contributed by atoms with Gasteiger partial charge in [0.1, 0.15) is 11.6 Å². The van der Waals surface area contributed by atoms with E-state index < -0.39 is 0 Å². The Morgan fingerprint density at radius 3 is 2.62 bits per heavy atom. The second-order valence-electron chi connectivity index (χ2n) is 6.89. The van der Waals surface area contributed by atoms with E-state index in [2.05, 4.69) is 35.8 Å². The normalized spacial score (nSPS) is 19.5. The fraction of sp³-hybridized carbons (Fsp3) is 0.400. The molecule has 1 atom stereocenters. The molecule has 1 aliphatic heterocycles. The van der Waals surface area contributed by atoms with E-state index in [1.807, 2.05) is 12.1 Å². The maximum Gasteiger partial charge on any atom is 0.131 e. The van der Waals surface area contributed by atoms with Crippen LogP contribution in [0, 0.1) is 11.2 Å². The van der Waals surface area contributed by atoms with E-state index in [0.717, 1.165) is 35.0 Å². The molecular weight excluding hydrogens is 371 g/mol. The van der Waals surface area contributed by atoms with Gasteiger partial charge in [0.25, 0.3) is 0 Å². The van der Waals surface area contributed by atoms with Gasteiger partial charge in [-0.05, 0) is 46.7 Å². The third-order valence-electron chi connectivity index (χ3n) is 4.76. The third-order valence-corrected chi connectivity index (χ3v) is 5.40. The first-order valence-electron chi connectivity index (χ1n) is 8.10. The highest BCUT2D eigenvalue weighted by molar-refractivity contribution is 9.08. The lowest BCUT2D eigenvalue weighted by atomic mass is 9.79. The van der Waals surface area contributed by atoms with Crippen LogP contribution in [0.15, 0.2) is 36.4 Å². The van der Waals surface area contributed by atoms with Crippen LogP contribution in [-0.2, 0) is 10.1 Å². The van der Waals surface area contributed by atoms with E-state index in [4.69, 9.17) is 9.47 Å². The molecule has 0 unspecified atom stereocenters. The van der Waals surface area contributed by atoms with Crippen molar-refractivity contribution in [2.24, 2.45) is 5.41 Å². The van der Waals surface area contributed by atoms with Gasteiger partial charge in [-0.1, -0.05) is 48.0 Å². The number of methoxy groups -OCH3 is 1. The second kappa shape index (κ2) is 6.85. The van der Waals surface area contributed by atoms with Crippen LogP contribution in [0.1, 0.15) is 37.5 Å². The minimum Gasteiger partial charge on any atom is -0.497 e. The Hall–Kier alpha value is -1.39. The zero-order valence-electron chi connectivity index (χ0n) is 14.2. The monoisotopic (exact) mass is 392 g/mol. The summed E-state index contributed by atoms with van der Waals surface area (Å²) in [6.45, 7) is 5.14. The Kier molecular flexibility index (Phi) is 4.97. The first-order chi connectivity index (χ1) is 11.5. The Labute approximate surface area is 151 Å². The number of halogens is 2.